The fourth-order valence-corrected chi connectivity index (χ4v) is 4.23. The van der Waals surface area contributed by atoms with Crippen molar-refractivity contribution >= 4 is 29.1 Å². The quantitative estimate of drug-likeness (QED) is 0.609. The van der Waals surface area contributed by atoms with Crippen LogP contribution in [0.1, 0.15) is 36.8 Å². The number of hydrogen-bond acceptors (Lipinski definition) is 6. The number of nitrogens with zero attached hydrogens (tertiary/aromatic N) is 3. The van der Waals surface area contributed by atoms with Crippen molar-refractivity contribution in [1.29, 1.82) is 0 Å². The van der Waals surface area contributed by atoms with Gasteiger partial charge in [0.2, 0.25) is 0 Å². The lowest BCUT2D eigenvalue weighted by atomic mass is 10.1. The van der Waals surface area contributed by atoms with Gasteiger partial charge in [-0.2, -0.15) is 0 Å². The summed E-state index contributed by atoms with van der Waals surface area (Å²) >= 11 is 0. The molecule has 3 aromatic rings. The zero-order chi connectivity index (χ0) is 22.9. The molecule has 1 fully saturated rings. The number of fused-ring (bicyclic) bond motifs is 1. The van der Waals surface area contributed by atoms with Gasteiger partial charge in [-0.1, -0.05) is 12.1 Å². The van der Waals surface area contributed by atoms with E-state index in [2.05, 4.69) is 22.2 Å². The molecule has 2 aliphatic rings. The van der Waals surface area contributed by atoms with Crippen molar-refractivity contribution in [2.24, 2.45) is 0 Å². The van der Waals surface area contributed by atoms with Gasteiger partial charge >= 0.3 is 0 Å². The molecule has 0 bridgehead atoms. The number of carbonyl (C=O) groups excluding carboxylic acids is 3. The van der Waals surface area contributed by atoms with Crippen LogP contribution in [0.3, 0.4) is 0 Å². The Hall–Kier alpha value is -3.91. The van der Waals surface area contributed by atoms with Gasteiger partial charge in [0.15, 0.2) is 0 Å². The number of anilines is 2. The molecule has 0 atom stereocenters. The fraction of sp³-hybridized carbons (Fsp3) is 0.240. The Bertz CT molecular complexity index is 1210. The van der Waals surface area contributed by atoms with Crippen LogP contribution in [0.15, 0.2) is 65.3 Å². The maximum Gasteiger partial charge on any atom is 0.261 e. The summed E-state index contributed by atoms with van der Waals surface area (Å²) in [5.74, 6) is -0.634. The van der Waals surface area contributed by atoms with Gasteiger partial charge < -0.3 is 19.5 Å². The second kappa shape index (κ2) is 8.55. The third-order valence-electron chi connectivity index (χ3n) is 6.12. The largest absolute Gasteiger partial charge is 0.467 e. The van der Waals surface area contributed by atoms with E-state index in [9.17, 15) is 14.4 Å². The molecule has 3 heterocycles. The Morgan fingerprint density at radius 2 is 1.70 bits per heavy atom. The molecule has 0 radical (unpaired) electrons. The lowest BCUT2D eigenvalue weighted by Gasteiger charge is -2.35. The molecule has 168 valence electrons. The predicted octanol–water partition coefficient (Wildman–Crippen LogP) is 3.08. The van der Waals surface area contributed by atoms with Crippen molar-refractivity contribution in [2.75, 3.05) is 43.4 Å². The van der Waals surface area contributed by atoms with Gasteiger partial charge in [0, 0.05) is 31.7 Å². The van der Waals surface area contributed by atoms with Crippen LogP contribution in [-0.2, 0) is 6.54 Å². The number of para-hydroxylation sites is 2. The molecule has 0 unspecified atom stereocenters. The highest BCUT2D eigenvalue weighted by Gasteiger charge is 2.36. The van der Waals surface area contributed by atoms with E-state index in [-0.39, 0.29) is 18.0 Å². The van der Waals surface area contributed by atoms with Gasteiger partial charge in [-0.25, -0.2) is 0 Å². The molecule has 8 heteroatoms. The Balaban J connectivity index is 1.35. The van der Waals surface area contributed by atoms with E-state index < -0.39 is 11.8 Å². The first-order valence-corrected chi connectivity index (χ1v) is 10.9. The number of nitrogens with one attached hydrogen (secondary N) is 1. The molecular weight excluding hydrogens is 420 g/mol. The minimum atomic E-state index is -0.432. The highest BCUT2D eigenvalue weighted by Crippen LogP contribution is 2.29. The van der Waals surface area contributed by atoms with Crippen LogP contribution in [0, 0.1) is 0 Å². The van der Waals surface area contributed by atoms with E-state index in [4.69, 9.17) is 4.42 Å². The Labute approximate surface area is 191 Å². The second-order valence-corrected chi connectivity index (χ2v) is 8.30. The van der Waals surface area contributed by atoms with E-state index in [0.29, 0.717) is 16.9 Å². The number of benzene rings is 2. The van der Waals surface area contributed by atoms with Crippen LogP contribution in [0.4, 0.5) is 11.4 Å². The molecule has 1 aromatic heterocycles. The second-order valence-electron chi connectivity index (χ2n) is 8.30. The van der Waals surface area contributed by atoms with Crippen LogP contribution >= 0.6 is 0 Å². The van der Waals surface area contributed by atoms with E-state index in [1.807, 2.05) is 24.3 Å². The smallest absolute Gasteiger partial charge is 0.261 e. The highest BCUT2D eigenvalue weighted by atomic mass is 16.3. The zero-order valence-corrected chi connectivity index (χ0v) is 18.3. The van der Waals surface area contributed by atoms with E-state index in [1.54, 1.807) is 24.3 Å². The normalized spacial score (nSPS) is 16.3. The van der Waals surface area contributed by atoms with Crippen molar-refractivity contribution in [1.82, 2.24) is 9.80 Å². The zero-order valence-electron chi connectivity index (χ0n) is 18.3. The number of furan rings is 1. The van der Waals surface area contributed by atoms with Crippen LogP contribution in [0.2, 0.25) is 0 Å². The van der Waals surface area contributed by atoms with Gasteiger partial charge in [-0.05, 0) is 49.5 Å². The number of rotatable bonds is 5. The Morgan fingerprint density at radius 3 is 2.45 bits per heavy atom. The third kappa shape index (κ3) is 4.01. The number of likely N-dealkylation sites (N-methyl/N-ethyl adjacent to an activating group) is 1. The molecule has 5 rings (SSSR count). The summed E-state index contributed by atoms with van der Waals surface area (Å²) in [6.45, 7) is 3.73. The number of imide groups is 1. The summed E-state index contributed by atoms with van der Waals surface area (Å²) in [6, 6.07) is 15.7. The molecular formula is C25H24N4O4. The molecule has 1 saturated heterocycles. The SMILES string of the molecule is CN1CCN(c2ccccc2NC(=O)c2ccc3c(c2)C(=O)N(Cc2ccco2)C3=O)CC1. The highest BCUT2D eigenvalue weighted by molar-refractivity contribution is 6.22. The van der Waals surface area contributed by atoms with Gasteiger partial charge in [-0.3, -0.25) is 19.3 Å². The summed E-state index contributed by atoms with van der Waals surface area (Å²) in [7, 11) is 2.10. The first-order valence-electron chi connectivity index (χ1n) is 10.9. The Morgan fingerprint density at radius 1 is 0.939 bits per heavy atom. The minimum Gasteiger partial charge on any atom is -0.467 e. The molecule has 1 N–H and O–H groups in total. The fourth-order valence-electron chi connectivity index (χ4n) is 4.23. The molecule has 2 aliphatic heterocycles. The van der Waals surface area contributed by atoms with Crippen LogP contribution in [0.5, 0.6) is 0 Å². The van der Waals surface area contributed by atoms with E-state index >= 15 is 0 Å². The predicted molar refractivity (Wildman–Crippen MR) is 123 cm³/mol. The average molecular weight is 444 g/mol. The third-order valence-corrected chi connectivity index (χ3v) is 6.12. The molecule has 3 amide bonds. The standard InChI is InChI=1S/C25H24N4O4/c1-27-10-12-28(13-11-27)22-7-3-2-6-21(22)26-23(30)17-8-9-19-20(15-17)25(32)29(24(19)31)16-18-5-4-14-33-18/h2-9,14-15H,10-13,16H2,1H3,(H,26,30). The van der Waals surface area contributed by atoms with Gasteiger partial charge in [0.1, 0.15) is 5.76 Å². The number of amides is 3. The van der Waals surface area contributed by atoms with Gasteiger partial charge in [0.05, 0.1) is 35.3 Å². The summed E-state index contributed by atoms with van der Waals surface area (Å²) in [4.78, 5) is 44.3. The summed E-state index contributed by atoms with van der Waals surface area (Å²) < 4.78 is 5.27. The topological polar surface area (TPSA) is 86.1 Å². The summed E-state index contributed by atoms with van der Waals surface area (Å²) in [5.41, 5.74) is 2.53. The number of hydrogen-bond donors (Lipinski definition) is 1. The summed E-state index contributed by atoms with van der Waals surface area (Å²) in [6.07, 6.45) is 1.50. The van der Waals surface area contributed by atoms with Crippen molar-refractivity contribution in [3.8, 4) is 0 Å². The lowest BCUT2D eigenvalue weighted by molar-refractivity contribution is 0.0631. The number of carbonyl (C=O) groups is 3. The maximum absolute atomic E-state index is 13.1. The van der Waals surface area contributed by atoms with Gasteiger partial charge in [0.25, 0.3) is 17.7 Å². The summed E-state index contributed by atoms with van der Waals surface area (Å²) in [5, 5.41) is 2.98. The minimum absolute atomic E-state index is 0.0548. The molecule has 0 aliphatic carbocycles. The Kier molecular flexibility index (Phi) is 5.43. The first kappa shape index (κ1) is 21.0. The molecule has 8 nitrogen and oxygen atoms in total. The van der Waals surface area contributed by atoms with Crippen molar-refractivity contribution in [3.05, 3.63) is 83.3 Å². The van der Waals surface area contributed by atoms with E-state index in [0.717, 1.165) is 42.5 Å². The lowest BCUT2D eigenvalue weighted by Crippen LogP contribution is -2.44. The van der Waals surface area contributed by atoms with Crippen LogP contribution < -0.4 is 10.2 Å². The van der Waals surface area contributed by atoms with Gasteiger partial charge in [-0.15, -0.1) is 0 Å². The van der Waals surface area contributed by atoms with Crippen LogP contribution in [0.25, 0.3) is 0 Å². The molecule has 33 heavy (non-hydrogen) atoms. The average Bonchev–Trinajstić information content (AvgIpc) is 3.43. The molecule has 2 aromatic carbocycles. The van der Waals surface area contributed by atoms with Crippen LogP contribution in [-0.4, -0.2) is 60.7 Å². The van der Waals surface area contributed by atoms with Crippen molar-refractivity contribution in [2.45, 2.75) is 6.54 Å². The first-order chi connectivity index (χ1) is 16.0. The maximum atomic E-state index is 13.1. The van der Waals surface area contributed by atoms with Crippen molar-refractivity contribution in [3.63, 3.8) is 0 Å². The molecule has 0 saturated carbocycles. The van der Waals surface area contributed by atoms with Crippen molar-refractivity contribution < 1.29 is 18.8 Å². The molecule has 0 spiro atoms. The number of piperazine rings is 1. The van der Waals surface area contributed by atoms with E-state index in [1.165, 1.54) is 12.3 Å². The monoisotopic (exact) mass is 444 g/mol.